The quantitative estimate of drug-likeness (QED) is 0.396. The van der Waals surface area contributed by atoms with Crippen LogP contribution in [0.2, 0.25) is 0 Å². The van der Waals surface area contributed by atoms with Crippen LogP contribution < -0.4 is 5.73 Å². The van der Waals surface area contributed by atoms with Crippen LogP contribution in [0.4, 0.5) is 11.5 Å². The molecule has 7 nitrogen and oxygen atoms in total. The average Bonchev–Trinajstić information content (AvgIpc) is 2.45. The Labute approximate surface area is 118 Å². The lowest BCUT2D eigenvalue weighted by atomic mass is 10.2. The van der Waals surface area contributed by atoms with E-state index in [9.17, 15) is 10.1 Å². The maximum absolute atomic E-state index is 10.5. The molecule has 0 radical (unpaired) electrons. The van der Waals surface area contributed by atoms with Crippen molar-refractivity contribution < 1.29 is 4.92 Å². The fraction of sp³-hybridized carbons (Fsp3) is 0.0833. The van der Waals surface area contributed by atoms with Crippen LogP contribution in [0.5, 0.6) is 0 Å². The van der Waals surface area contributed by atoms with Gasteiger partial charge < -0.3 is 5.73 Å². The summed E-state index contributed by atoms with van der Waals surface area (Å²) in [4.78, 5) is 18.1. The predicted octanol–water partition coefficient (Wildman–Crippen LogP) is 2.13. The monoisotopic (exact) mass is 287 g/mol. The van der Waals surface area contributed by atoms with Crippen molar-refractivity contribution in [2.75, 3.05) is 5.73 Å². The van der Waals surface area contributed by atoms with Crippen LogP contribution in [-0.2, 0) is 5.75 Å². The van der Waals surface area contributed by atoms with Gasteiger partial charge in [-0.2, -0.15) is 5.26 Å². The van der Waals surface area contributed by atoms with Crippen molar-refractivity contribution in [3.05, 3.63) is 51.7 Å². The summed E-state index contributed by atoms with van der Waals surface area (Å²) >= 11 is 1.34. The maximum atomic E-state index is 10.5. The van der Waals surface area contributed by atoms with E-state index in [1.165, 1.54) is 30.1 Å². The Bertz CT molecular complexity index is 681. The van der Waals surface area contributed by atoms with Gasteiger partial charge in [0, 0.05) is 17.9 Å². The number of nitriles is 1. The summed E-state index contributed by atoms with van der Waals surface area (Å²) in [5.74, 6) is 0.706. The number of aromatic nitrogens is 2. The minimum absolute atomic E-state index is 0.0533. The van der Waals surface area contributed by atoms with Crippen LogP contribution >= 0.6 is 11.8 Å². The number of anilines is 1. The molecular formula is C12H9N5O2S. The molecule has 0 aliphatic carbocycles. The third-order valence-corrected chi connectivity index (χ3v) is 3.36. The van der Waals surface area contributed by atoms with Gasteiger partial charge in [-0.3, -0.25) is 10.1 Å². The highest BCUT2D eigenvalue weighted by molar-refractivity contribution is 7.98. The van der Waals surface area contributed by atoms with Crippen molar-refractivity contribution in [1.29, 1.82) is 5.26 Å². The van der Waals surface area contributed by atoms with Gasteiger partial charge in [0.15, 0.2) is 5.16 Å². The summed E-state index contributed by atoms with van der Waals surface area (Å²) in [5, 5.41) is 19.7. The number of hydrogen-bond acceptors (Lipinski definition) is 7. The van der Waals surface area contributed by atoms with Crippen LogP contribution in [0.1, 0.15) is 11.1 Å². The van der Waals surface area contributed by atoms with Gasteiger partial charge in [-0.25, -0.2) is 9.97 Å². The van der Waals surface area contributed by atoms with Crippen LogP contribution in [-0.4, -0.2) is 14.9 Å². The number of hydrogen-bond donors (Lipinski definition) is 1. The summed E-state index contributed by atoms with van der Waals surface area (Å²) < 4.78 is 0. The van der Waals surface area contributed by atoms with Gasteiger partial charge in [0.1, 0.15) is 17.5 Å². The molecule has 0 saturated carbocycles. The average molecular weight is 287 g/mol. The molecule has 0 saturated heterocycles. The third-order valence-electron chi connectivity index (χ3n) is 2.43. The van der Waals surface area contributed by atoms with E-state index in [1.54, 1.807) is 12.1 Å². The van der Waals surface area contributed by atoms with Crippen molar-refractivity contribution in [2.45, 2.75) is 10.9 Å². The van der Waals surface area contributed by atoms with E-state index in [1.807, 2.05) is 6.07 Å². The summed E-state index contributed by atoms with van der Waals surface area (Å²) in [5.41, 5.74) is 6.80. The number of non-ortho nitro benzene ring substituents is 1. The molecule has 2 rings (SSSR count). The molecule has 20 heavy (non-hydrogen) atoms. The van der Waals surface area contributed by atoms with Gasteiger partial charge in [0.05, 0.1) is 11.1 Å². The molecule has 1 aromatic heterocycles. The number of nitro groups is 1. The molecule has 0 aliphatic heterocycles. The summed E-state index contributed by atoms with van der Waals surface area (Å²) in [6.07, 6.45) is 1.38. The molecule has 8 heteroatoms. The summed E-state index contributed by atoms with van der Waals surface area (Å²) in [7, 11) is 0. The SMILES string of the molecule is N#Cc1cnc(SCc2ccc([N+](=O)[O-])cc2)nc1N. The molecule has 100 valence electrons. The molecule has 1 heterocycles. The minimum Gasteiger partial charge on any atom is -0.382 e. The molecule has 2 N–H and O–H groups in total. The second kappa shape index (κ2) is 5.99. The molecule has 0 unspecified atom stereocenters. The summed E-state index contributed by atoms with van der Waals surface area (Å²) in [6.45, 7) is 0. The molecule has 0 spiro atoms. The highest BCUT2D eigenvalue weighted by Gasteiger charge is 2.06. The van der Waals surface area contributed by atoms with Crippen molar-refractivity contribution >= 4 is 23.3 Å². The van der Waals surface area contributed by atoms with Gasteiger partial charge >= 0.3 is 0 Å². The van der Waals surface area contributed by atoms with Crippen LogP contribution in [0.15, 0.2) is 35.6 Å². The smallest absolute Gasteiger partial charge is 0.269 e. The number of nitrogens with zero attached hydrogens (tertiary/aromatic N) is 4. The molecular weight excluding hydrogens is 278 g/mol. The van der Waals surface area contributed by atoms with E-state index < -0.39 is 4.92 Å². The van der Waals surface area contributed by atoms with Crippen molar-refractivity contribution in [3.63, 3.8) is 0 Å². The standard InChI is InChI=1S/C12H9N5O2S/c13-5-9-6-15-12(16-11(9)14)20-7-8-1-3-10(4-2-8)17(18)19/h1-4,6H,7H2,(H2,14,15,16). The number of nitrogen functional groups attached to an aromatic ring is 1. The maximum Gasteiger partial charge on any atom is 0.269 e. The zero-order valence-electron chi connectivity index (χ0n) is 10.2. The number of thioether (sulfide) groups is 1. The van der Waals surface area contributed by atoms with Gasteiger partial charge in [-0.15, -0.1) is 0 Å². The number of nitro benzene ring substituents is 1. The first-order valence-corrected chi connectivity index (χ1v) is 6.47. The van der Waals surface area contributed by atoms with Crippen molar-refractivity contribution in [3.8, 4) is 6.07 Å². The molecule has 0 amide bonds. The van der Waals surface area contributed by atoms with Gasteiger partial charge in [0.25, 0.3) is 5.69 Å². The second-order valence-electron chi connectivity index (χ2n) is 3.78. The Kier molecular flexibility index (Phi) is 4.12. The lowest BCUT2D eigenvalue weighted by Gasteiger charge is -2.02. The normalized spacial score (nSPS) is 9.95. The Morgan fingerprint density at radius 1 is 1.40 bits per heavy atom. The summed E-state index contributed by atoms with van der Waals surface area (Å²) in [6, 6.07) is 8.14. The first kappa shape index (κ1) is 13.8. The Balaban J connectivity index is 2.03. The lowest BCUT2D eigenvalue weighted by Crippen LogP contribution is -1.98. The second-order valence-corrected chi connectivity index (χ2v) is 4.72. The van der Waals surface area contributed by atoms with E-state index in [-0.39, 0.29) is 17.1 Å². The van der Waals surface area contributed by atoms with E-state index in [2.05, 4.69) is 9.97 Å². The Morgan fingerprint density at radius 2 is 2.10 bits per heavy atom. The topological polar surface area (TPSA) is 119 Å². The van der Waals surface area contributed by atoms with Crippen molar-refractivity contribution in [2.24, 2.45) is 0 Å². The number of benzene rings is 1. The molecule has 0 fully saturated rings. The minimum atomic E-state index is -0.443. The Morgan fingerprint density at radius 3 is 2.65 bits per heavy atom. The molecule has 2 aromatic rings. The number of nitrogens with two attached hydrogens (primary N) is 1. The van der Waals surface area contributed by atoms with Crippen molar-refractivity contribution in [1.82, 2.24) is 9.97 Å². The van der Waals surface area contributed by atoms with Gasteiger partial charge in [-0.05, 0) is 5.56 Å². The van der Waals surface area contributed by atoms with E-state index in [0.29, 0.717) is 10.9 Å². The first-order valence-electron chi connectivity index (χ1n) is 5.49. The van der Waals surface area contributed by atoms with Crippen LogP contribution in [0, 0.1) is 21.4 Å². The van der Waals surface area contributed by atoms with E-state index >= 15 is 0 Å². The third kappa shape index (κ3) is 3.21. The molecule has 1 aromatic carbocycles. The molecule has 0 bridgehead atoms. The zero-order valence-corrected chi connectivity index (χ0v) is 11.0. The van der Waals surface area contributed by atoms with Crippen LogP contribution in [0.3, 0.4) is 0 Å². The Hall–Kier alpha value is -2.66. The van der Waals surface area contributed by atoms with Gasteiger partial charge in [-0.1, -0.05) is 23.9 Å². The zero-order chi connectivity index (χ0) is 14.5. The molecule has 0 atom stereocenters. The van der Waals surface area contributed by atoms with Crippen LogP contribution in [0.25, 0.3) is 0 Å². The highest BCUT2D eigenvalue weighted by Crippen LogP contribution is 2.22. The number of rotatable bonds is 4. The largest absolute Gasteiger partial charge is 0.382 e. The van der Waals surface area contributed by atoms with E-state index in [4.69, 9.17) is 11.0 Å². The predicted molar refractivity (Wildman–Crippen MR) is 73.8 cm³/mol. The fourth-order valence-electron chi connectivity index (χ4n) is 1.40. The van der Waals surface area contributed by atoms with E-state index in [0.717, 1.165) is 5.56 Å². The fourth-order valence-corrected chi connectivity index (χ4v) is 2.17. The lowest BCUT2D eigenvalue weighted by molar-refractivity contribution is -0.384. The highest BCUT2D eigenvalue weighted by atomic mass is 32.2. The molecule has 0 aliphatic rings. The van der Waals surface area contributed by atoms with Gasteiger partial charge in [0.2, 0.25) is 0 Å². The first-order chi connectivity index (χ1) is 9.60.